The summed E-state index contributed by atoms with van der Waals surface area (Å²) < 4.78 is 89.6. The van der Waals surface area contributed by atoms with Gasteiger partial charge in [0.15, 0.2) is 22.9 Å². The number of hydrogen-bond acceptors (Lipinski definition) is 5. The van der Waals surface area contributed by atoms with E-state index in [0.29, 0.717) is 12.1 Å². The maximum Gasteiger partial charge on any atom is 0.435 e. The second-order valence-corrected chi connectivity index (χ2v) is 5.93. The smallest absolute Gasteiger partial charge is 0.435 e. The van der Waals surface area contributed by atoms with Crippen molar-refractivity contribution >= 4 is 0 Å². The number of alkyl halides is 6. The number of aryl methyl sites for hydroxylation is 2. The Morgan fingerprint density at radius 1 is 0.867 bits per heavy atom. The number of benzene rings is 1. The molecule has 0 radical (unpaired) electrons. The average Bonchev–Trinajstić information content (AvgIpc) is 3.19. The van der Waals surface area contributed by atoms with Gasteiger partial charge in [-0.2, -0.15) is 41.8 Å². The Balaban J connectivity index is 2.01. The van der Waals surface area contributed by atoms with Crippen molar-refractivity contribution in [1.82, 2.24) is 19.6 Å². The Morgan fingerprint density at radius 3 is 1.80 bits per heavy atom. The molecule has 1 aromatic carbocycles. The van der Waals surface area contributed by atoms with Crippen LogP contribution in [0.3, 0.4) is 0 Å². The molecule has 158 valence electrons. The van der Waals surface area contributed by atoms with Crippen LogP contribution in [-0.4, -0.2) is 19.6 Å². The second-order valence-electron chi connectivity index (χ2n) is 5.93. The Hall–Kier alpha value is -3.69. The van der Waals surface area contributed by atoms with Gasteiger partial charge in [0.05, 0.1) is 5.56 Å². The quantitative estimate of drug-likeness (QED) is 0.562. The largest absolute Gasteiger partial charge is 0.435 e. The highest BCUT2D eigenvalue weighted by Crippen LogP contribution is 2.40. The van der Waals surface area contributed by atoms with Crippen LogP contribution in [0.5, 0.6) is 23.3 Å². The lowest BCUT2D eigenvalue weighted by Crippen LogP contribution is -2.06. The Bertz CT molecular complexity index is 1120. The van der Waals surface area contributed by atoms with Crippen molar-refractivity contribution in [3.05, 3.63) is 47.3 Å². The number of rotatable bonds is 4. The molecular weight excluding hydrogens is 420 g/mol. The SMILES string of the molecule is Cn1nc(C(F)(F)F)cc1Oc1cccc(C#N)c1Oc1cc(C(F)(F)F)nn1C. The van der Waals surface area contributed by atoms with Crippen LogP contribution in [0.2, 0.25) is 0 Å². The zero-order valence-corrected chi connectivity index (χ0v) is 15.2. The molecule has 3 aromatic rings. The zero-order valence-electron chi connectivity index (χ0n) is 15.2. The Morgan fingerprint density at radius 2 is 1.37 bits per heavy atom. The number of halogens is 6. The van der Waals surface area contributed by atoms with E-state index in [9.17, 15) is 31.6 Å². The summed E-state index contributed by atoms with van der Waals surface area (Å²) >= 11 is 0. The van der Waals surface area contributed by atoms with Crippen molar-refractivity contribution in [3.8, 4) is 29.3 Å². The lowest BCUT2D eigenvalue weighted by Gasteiger charge is -2.13. The molecule has 0 aliphatic carbocycles. The maximum absolute atomic E-state index is 12.9. The first-order valence-corrected chi connectivity index (χ1v) is 8.01. The summed E-state index contributed by atoms with van der Waals surface area (Å²) in [5, 5.41) is 15.9. The number of hydrogen-bond donors (Lipinski definition) is 0. The summed E-state index contributed by atoms with van der Waals surface area (Å²) in [5.74, 6) is -1.20. The summed E-state index contributed by atoms with van der Waals surface area (Å²) in [6, 6.07) is 6.97. The maximum atomic E-state index is 12.9. The highest BCUT2D eigenvalue weighted by atomic mass is 19.4. The fourth-order valence-electron chi connectivity index (χ4n) is 2.38. The van der Waals surface area contributed by atoms with Crippen molar-refractivity contribution in [2.24, 2.45) is 14.1 Å². The molecule has 2 aromatic heterocycles. The van der Waals surface area contributed by atoms with E-state index in [1.807, 2.05) is 0 Å². The van der Waals surface area contributed by atoms with Crippen molar-refractivity contribution in [2.75, 3.05) is 0 Å². The van der Waals surface area contributed by atoms with Gasteiger partial charge in [0.25, 0.3) is 0 Å². The van der Waals surface area contributed by atoms with E-state index in [1.165, 1.54) is 32.3 Å². The van der Waals surface area contributed by atoms with Gasteiger partial charge in [0, 0.05) is 26.2 Å². The molecule has 0 amide bonds. The van der Waals surface area contributed by atoms with E-state index < -0.39 is 23.7 Å². The highest BCUT2D eigenvalue weighted by molar-refractivity contribution is 5.54. The Kier molecular flexibility index (Phi) is 5.11. The molecule has 0 fully saturated rings. The van der Waals surface area contributed by atoms with Gasteiger partial charge in [-0.25, -0.2) is 9.36 Å². The monoisotopic (exact) mass is 431 g/mol. The van der Waals surface area contributed by atoms with Crippen molar-refractivity contribution in [2.45, 2.75) is 12.4 Å². The van der Waals surface area contributed by atoms with Crippen LogP contribution in [0.1, 0.15) is 17.0 Å². The molecule has 0 saturated carbocycles. The van der Waals surface area contributed by atoms with Gasteiger partial charge in [-0.3, -0.25) is 0 Å². The summed E-state index contributed by atoms with van der Waals surface area (Å²) in [6.45, 7) is 0. The van der Waals surface area contributed by atoms with Gasteiger partial charge in [0.1, 0.15) is 6.07 Å². The Labute approximate surface area is 164 Å². The summed E-state index contributed by atoms with van der Waals surface area (Å²) in [6.07, 6.45) is -9.44. The molecule has 13 heteroatoms. The normalized spacial score (nSPS) is 12.0. The first-order chi connectivity index (χ1) is 13.9. The third kappa shape index (κ3) is 4.17. The minimum atomic E-state index is -4.73. The predicted molar refractivity (Wildman–Crippen MR) is 87.7 cm³/mol. The lowest BCUT2D eigenvalue weighted by atomic mass is 10.2. The molecule has 0 bridgehead atoms. The van der Waals surface area contributed by atoms with Crippen LogP contribution in [0.4, 0.5) is 26.3 Å². The van der Waals surface area contributed by atoms with Gasteiger partial charge < -0.3 is 9.47 Å². The molecule has 30 heavy (non-hydrogen) atoms. The third-order valence-corrected chi connectivity index (χ3v) is 3.78. The van der Waals surface area contributed by atoms with Crippen LogP contribution in [0, 0.1) is 11.3 Å². The minimum absolute atomic E-state index is 0.125. The fourth-order valence-corrected chi connectivity index (χ4v) is 2.38. The van der Waals surface area contributed by atoms with Crippen LogP contribution < -0.4 is 9.47 Å². The van der Waals surface area contributed by atoms with Gasteiger partial charge in [-0.1, -0.05) is 6.07 Å². The van der Waals surface area contributed by atoms with Gasteiger partial charge in [-0.05, 0) is 12.1 Å². The van der Waals surface area contributed by atoms with Gasteiger partial charge in [0.2, 0.25) is 11.8 Å². The van der Waals surface area contributed by atoms with E-state index >= 15 is 0 Å². The number of nitriles is 1. The molecule has 0 spiro atoms. The standard InChI is InChI=1S/C17H11F6N5O2/c1-27-13(6-11(25-27)16(18,19)20)29-10-5-3-4-9(8-24)15(10)30-14-7-12(17(21,22)23)26-28(14)2/h3-7H,1-2H3. The molecule has 0 saturated heterocycles. The first kappa shape index (κ1) is 21.0. The molecule has 0 atom stereocenters. The van der Waals surface area contributed by atoms with Gasteiger partial charge in [-0.15, -0.1) is 0 Å². The molecule has 0 aliphatic heterocycles. The van der Waals surface area contributed by atoms with Crippen LogP contribution in [0.15, 0.2) is 30.3 Å². The number of aromatic nitrogens is 4. The van der Waals surface area contributed by atoms with E-state index in [2.05, 4.69) is 10.2 Å². The van der Waals surface area contributed by atoms with E-state index in [1.54, 1.807) is 6.07 Å². The molecule has 0 N–H and O–H groups in total. The molecule has 3 rings (SSSR count). The van der Waals surface area contributed by atoms with Crippen molar-refractivity contribution in [3.63, 3.8) is 0 Å². The first-order valence-electron chi connectivity index (χ1n) is 8.01. The van der Waals surface area contributed by atoms with E-state index in [-0.39, 0.29) is 28.8 Å². The van der Waals surface area contributed by atoms with Crippen LogP contribution in [-0.2, 0) is 26.4 Å². The van der Waals surface area contributed by atoms with Crippen molar-refractivity contribution < 1.29 is 35.8 Å². The molecule has 2 heterocycles. The summed E-state index contributed by atoms with van der Waals surface area (Å²) in [4.78, 5) is 0. The summed E-state index contributed by atoms with van der Waals surface area (Å²) in [7, 11) is 2.40. The minimum Gasteiger partial charge on any atom is -0.435 e. The summed E-state index contributed by atoms with van der Waals surface area (Å²) in [5.41, 5.74) is -2.56. The van der Waals surface area contributed by atoms with Crippen LogP contribution >= 0.6 is 0 Å². The predicted octanol–water partition coefficient (Wildman–Crippen LogP) is 4.65. The molecule has 0 aliphatic rings. The number of ether oxygens (including phenoxy) is 2. The molecule has 7 nitrogen and oxygen atoms in total. The van der Waals surface area contributed by atoms with E-state index in [4.69, 9.17) is 9.47 Å². The molecular formula is C17H11F6N5O2. The fraction of sp³-hybridized carbons (Fsp3) is 0.235. The van der Waals surface area contributed by atoms with Gasteiger partial charge >= 0.3 is 12.4 Å². The third-order valence-electron chi connectivity index (χ3n) is 3.78. The second kappa shape index (κ2) is 7.29. The van der Waals surface area contributed by atoms with Crippen LogP contribution in [0.25, 0.3) is 0 Å². The average molecular weight is 431 g/mol. The van der Waals surface area contributed by atoms with Crippen molar-refractivity contribution in [1.29, 1.82) is 5.26 Å². The van der Waals surface area contributed by atoms with E-state index in [0.717, 1.165) is 9.36 Å². The topological polar surface area (TPSA) is 77.9 Å². The lowest BCUT2D eigenvalue weighted by molar-refractivity contribution is -0.142. The number of nitrogens with zero attached hydrogens (tertiary/aromatic N) is 5. The highest BCUT2D eigenvalue weighted by Gasteiger charge is 2.36. The number of para-hydroxylation sites is 1. The zero-order chi connectivity index (χ0) is 22.3. The molecule has 0 unspecified atom stereocenters.